The summed E-state index contributed by atoms with van der Waals surface area (Å²) >= 11 is 0. The van der Waals surface area contributed by atoms with E-state index in [1.807, 2.05) is 12.1 Å². The molecule has 0 aliphatic rings. The van der Waals surface area contributed by atoms with Crippen LogP contribution in [-0.2, 0) is 0 Å². The fourth-order valence-corrected chi connectivity index (χ4v) is 1.50. The number of carbonyl (C=O) groups is 1. The number of hydrogen-bond acceptors (Lipinski definition) is 2. The Morgan fingerprint density at radius 1 is 1.00 bits per heavy atom. The van der Waals surface area contributed by atoms with Crippen LogP contribution in [0.25, 0.3) is 11.1 Å². The fraction of sp³-hybridized carbons (Fsp3) is 0.0769. The molecule has 0 unspecified atom stereocenters. The number of rotatable bonds is 2. The van der Waals surface area contributed by atoms with Crippen LogP contribution < -0.4 is 4.73 Å². The van der Waals surface area contributed by atoms with Crippen LogP contribution in [0, 0.1) is 5.21 Å². The van der Waals surface area contributed by atoms with Crippen molar-refractivity contribution in [1.29, 1.82) is 0 Å². The zero-order chi connectivity index (χ0) is 11.5. The van der Waals surface area contributed by atoms with E-state index < -0.39 is 0 Å². The van der Waals surface area contributed by atoms with E-state index in [9.17, 15) is 10.0 Å². The molecule has 3 heteroatoms. The quantitative estimate of drug-likeness (QED) is 0.436. The van der Waals surface area contributed by atoms with E-state index in [0.717, 1.165) is 15.9 Å². The molecule has 0 aliphatic heterocycles. The van der Waals surface area contributed by atoms with Crippen LogP contribution in [0.3, 0.4) is 0 Å². The first-order valence-corrected chi connectivity index (χ1v) is 4.97. The number of nitrogens with zero attached hydrogens (tertiary/aromatic N) is 1. The van der Waals surface area contributed by atoms with Crippen LogP contribution in [-0.4, -0.2) is 5.78 Å². The van der Waals surface area contributed by atoms with Gasteiger partial charge in [0.1, 0.15) is 0 Å². The molecule has 3 nitrogen and oxygen atoms in total. The standard InChI is InChI=1S/C13H11NO2/c1-10(15)11-2-4-12(5-3-11)13-6-8-14(16)9-7-13/h2-9H,1H3. The smallest absolute Gasteiger partial charge is 0.180 e. The summed E-state index contributed by atoms with van der Waals surface area (Å²) in [5.74, 6) is 0.0528. The van der Waals surface area contributed by atoms with Crippen LogP contribution in [0.5, 0.6) is 0 Å². The highest BCUT2D eigenvalue weighted by molar-refractivity contribution is 5.94. The van der Waals surface area contributed by atoms with E-state index in [0.29, 0.717) is 5.56 Å². The molecule has 2 rings (SSSR count). The van der Waals surface area contributed by atoms with Gasteiger partial charge in [-0.1, -0.05) is 24.3 Å². The summed E-state index contributed by atoms with van der Waals surface area (Å²) in [6, 6.07) is 10.8. The predicted octanol–water partition coefficient (Wildman–Crippen LogP) is 2.19. The van der Waals surface area contributed by atoms with E-state index in [-0.39, 0.29) is 5.78 Å². The summed E-state index contributed by atoms with van der Waals surface area (Å²) in [5, 5.41) is 10.9. The van der Waals surface area contributed by atoms with E-state index >= 15 is 0 Å². The van der Waals surface area contributed by atoms with Crippen molar-refractivity contribution in [2.24, 2.45) is 0 Å². The van der Waals surface area contributed by atoms with Gasteiger partial charge < -0.3 is 5.21 Å². The van der Waals surface area contributed by atoms with Crippen LogP contribution in [0.1, 0.15) is 17.3 Å². The van der Waals surface area contributed by atoms with Gasteiger partial charge >= 0.3 is 0 Å². The van der Waals surface area contributed by atoms with Crippen molar-refractivity contribution < 1.29 is 9.52 Å². The maximum absolute atomic E-state index is 11.1. The number of pyridine rings is 1. The molecular weight excluding hydrogens is 202 g/mol. The first-order valence-electron chi connectivity index (χ1n) is 4.97. The third-order valence-electron chi connectivity index (χ3n) is 2.43. The lowest BCUT2D eigenvalue weighted by atomic mass is 10.0. The molecule has 1 aromatic carbocycles. The Balaban J connectivity index is 2.34. The van der Waals surface area contributed by atoms with Gasteiger partial charge in [0.25, 0.3) is 0 Å². The Morgan fingerprint density at radius 2 is 1.50 bits per heavy atom. The van der Waals surface area contributed by atoms with Crippen LogP contribution in [0.15, 0.2) is 48.8 Å². The number of benzene rings is 1. The second kappa shape index (κ2) is 4.14. The zero-order valence-corrected chi connectivity index (χ0v) is 8.88. The van der Waals surface area contributed by atoms with Crippen molar-refractivity contribution in [3.05, 3.63) is 59.6 Å². The van der Waals surface area contributed by atoms with E-state index in [2.05, 4.69) is 0 Å². The zero-order valence-electron chi connectivity index (χ0n) is 8.88. The predicted molar refractivity (Wildman–Crippen MR) is 60.8 cm³/mol. The SMILES string of the molecule is CC(=O)c1ccc(-c2cc[n+]([O-])cc2)cc1. The lowest BCUT2D eigenvalue weighted by Crippen LogP contribution is -2.23. The van der Waals surface area contributed by atoms with Crippen molar-refractivity contribution in [2.45, 2.75) is 6.92 Å². The first kappa shape index (κ1) is 10.4. The van der Waals surface area contributed by atoms with Gasteiger partial charge in [0.15, 0.2) is 18.2 Å². The number of Topliss-reactive ketones (excluding diaryl/α,β-unsaturated/α-hetero) is 1. The Labute approximate surface area is 93.6 Å². The molecule has 1 heterocycles. The molecule has 0 bridgehead atoms. The molecule has 0 atom stereocenters. The molecule has 0 fully saturated rings. The van der Waals surface area contributed by atoms with E-state index in [1.54, 1.807) is 24.3 Å². The molecule has 0 spiro atoms. The normalized spacial score (nSPS) is 10.1. The summed E-state index contributed by atoms with van der Waals surface area (Å²) in [6.07, 6.45) is 2.91. The Hall–Kier alpha value is -2.16. The maximum Gasteiger partial charge on any atom is 0.180 e. The van der Waals surface area contributed by atoms with Crippen LogP contribution >= 0.6 is 0 Å². The molecule has 1 aromatic heterocycles. The second-order valence-corrected chi connectivity index (χ2v) is 3.58. The molecule has 0 saturated heterocycles. The molecule has 0 radical (unpaired) electrons. The summed E-state index contributed by atoms with van der Waals surface area (Å²) in [7, 11) is 0. The van der Waals surface area contributed by atoms with Crippen molar-refractivity contribution >= 4 is 5.78 Å². The number of carbonyl (C=O) groups excluding carboxylic acids is 1. The average Bonchev–Trinajstić information content (AvgIpc) is 2.30. The van der Waals surface area contributed by atoms with Gasteiger partial charge in [-0.2, -0.15) is 4.73 Å². The van der Waals surface area contributed by atoms with Crippen molar-refractivity contribution in [1.82, 2.24) is 0 Å². The topological polar surface area (TPSA) is 44.0 Å². The Kier molecular flexibility index (Phi) is 2.68. The monoisotopic (exact) mass is 213 g/mol. The molecule has 16 heavy (non-hydrogen) atoms. The van der Waals surface area contributed by atoms with Gasteiger partial charge in [0, 0.05) is 17.7 Å². The lowest BCUT2D eigenvalue weighted by Gasteiger charge is -2.02. The summed E-state index contributed by atoms with van der Waals surface area (Å²) in [4.78, 5) is 11.1. The molecule has 80 valence electrons. The first-order chi connectivity index (χ1) is 7.66. The number of ketones is 1. The highest BCUT2D eigenvalue weighted by Gasteiger charge is 2.01. The highest BCUT2D eigenvalue weighted by atomic mass is 16.5. The largest absolute Gasteiger partial charge is 0.619 e. The minimum Gasteiger partial charge on any atom is -0.619 e. The van der Waals surface area contributed by atoms with Crippen LogP contribution in [0.2, 0.25) is 0 Å². The maximum atomic E-state index is 11.1. The fourth-order valence-electron chi connectivity index (χ4n) is 1.50. The molecule has 0 N–H and O–H groups in total. The third-order valence-corrected chi connectivity index (χ3v) is 2.43. The number of aromatic nitrogens is 1. The van der Waals surface area contributed by atoms with E-state index in [1.165, 1.54) is 19.3 Å². The van der Waals surface area contributed by atoms with Crippen molar-refractivity contribution in [2.75, 3.05) is 0 Å². The molecule has 0 amide bonds. The minimum atomic E-state index is 0.0528. The lowest BCUT2D eigenvalue weighted by molar-refractivity contribution is -0.605. The van der Waals surface area contributed by atoms with Gasteiger partial charge in [-0.3, -0.25) is 4.79 Å². The highest BCUT2D eigenvalue weighted by Crippen LogP contribution is 2.18. The number of hydrogen-bond donors (Lipinski definition) is 0. The average molecular weight is 213 g/mol. The van der Waals surface area contributed by atoms with Gasteiger partial charge in [-0.25, -0.2) is 0 Å². The van der Waals surface area contributed by atoms with Gasteiger partial charge in [-0.15, -0.1) is 0 Å². The molecule has 2 aromatic rings. The van der Waals surface area contributed by atoms with Gasteiger partial charge in [0.2, 0.25) is 0 Å². The minimum absolute atomic E-state index is 0.0528. The van der Waals surface area contributed by atoms with Gasteiger partial charge in [-0.05, 0) is 18.1 Å². The molecular formula is C13H11NO2. The van der Waals surface area contributed by atoms with Crippen LogP contribution in [0.4, 0.5) is 0 Å². The Morgan fingerprint density at radius 3 is 2.00 bits per heavy atom. The summed E-state index contributed by atoms with van der Waals surface area (Å²) in [5.41, 5.74) is 2.64. The molecule has 0 aliphatic carbocycles. The van der Waals surface area contributed by atoms with Gasteiger partial charge in [0.05, 0.1) is 0 Å². The van der Waals surface area contributed by atoms with Crippen molar-refractivity contribution in [3.63, 3.8) is 0 Å². The van der Waals surface area contributed by atoms with E-state index in [4.69, 9.17) is 0 Å². The van der Waals surface area contributed by atoms with Crippen molar-refractivity contribution in [3.8, 4) is 11.1 Å². The summed E-state index contributed by atoms with van der Waals surface area (Å²) in [6.45, 7) is 1.54. The third kappa shape index (κ3) is 2.08. The Bertz CT molecular complexity index is 500. The molecule has 0 saturated carbocycles. The summed E-state index contributed by atoms with van der Waals surface area (Å²) < 4.78 is 0.743. The second-order valence-electron chi connectivity index (χ2n) is 3.58.